The fourth-order valence-electron chi connectivity index (χ4n) is 6.01. The van der Waals surface area contributed by atoms with Crippen molar-refractivity contribution < 1.29 is 37.3 Å². The zero-order valence-electron chi connectivity index (χ0n) is 24.5. The zero-order chi connectivity index (χ0) is 29.3. The van der Waals surface area contributed by atoms with Gasteiger partial charge in [-0.2, -0.15) is 4.31 Å². The highest BCUT2D eigenvalue weighted by Crippen LogP contribution is 2.31. The SMILES string of the molecule is CC(=O)COC1CCC(CC(NC(=O)O[C@H]2CCOC2)C(O)CN(CC(C)C)S(=O)(=O)C2CCC(N)CC2)CC1. The van der Waals surface area contributed by atoms with Gasteiger partial charge in [0, 0.05) is 25.6 Å². The van der Waals surface area contributed by atoms with Crippen molar-refractivity contribution in [3.63, 3.8) is 0 Å². The molecule has 232 valence electrons. The maximum Gasteiger partial charge on any atom is 0.407 e. The van der Waals surface area contributed by atoms with Gasteiger partial charge in [0.15, 0.2) is 5.78 Å². The maximum atomic E-state index is 13.7. The lowest BCUT2D eigenvalue weighted by Crippen LogP contribution is -2.53. The Hall–Kier alpha value is -1.31. The molecule has 0 aromatic rings. The van der Waals surface area contributed by atoms with Gasteiger partial charge in [-0.3, -0.25) is 4.79 Å². The quantitative estimate of drug-likeness (QED) is 0.277. The Morgan fingerprint density at radius 1 is 1.02 bits per heavy atom. The van der Waals surface area contributed by atoms with Gasteiger partial charge in [-0.1, -0.05) is 13.8 Å². The molecule has 2 aliphatic carbocycles. The van der Waals surface area contributed by atoms with Crippen molar-refractivity contribution in [2.45, 2.75) is 121 Å². The third kappa shape index (κ3) is 10.5. The highest BCUT2D eigenvalue weighted by atomic mass is 32.2. The Labute approximate surface area is 239 Å². The van der Waals surface area contributed by atoms with Crippen molar-refractivity contribution in [2.75, 3.05) is 32.9 Å². The maximum absolute atomic E-state index is 13.7. The van der Waals surface area contributed by atoms with Crippen LogP contribution in [0, 0.1) is 11.8 Å². The molecule has 0 bridgehead atoms. The molecule has 3 aliphatic rings. The van der Waals surface area contributed by atoms with Gasteiger partial charge in [0.2, 0.25) is 10.0 Å². The molecule has 12 heteroatoms. The molecule has 0 aromatic heterocycles. The van der Waals surface area contributed by atoms with Crippen LogP contribution in [0.1, 0.15) is 85.0 Å². The van der Waals surface area contributed by atoms with Crippen molar-refractivity contribution in [1.29, 1.82) is 0 Å². The van der Waals surface area contributed by atoms with Gasteiger partial charge in [-0.05, 0) is 76.5 Å². The van der Waals surface area contributed by atoms with Crippen LogP contribution in [-0.4, -0.2) is 98.3 Å². The van der Waals surface area contributed by atoms with Crippen LogP contribution in [0.4, 0.5) is 4.79 Å². The largest absolute Gasteiger partial charge is 0.444 e. The number of nitrogens with one attached hydrogen (secondary N) is 1. The first-order valence-electron chi connectivity index (χ1n) is 15.0. The average Bonchev–Trinajstić information content (AvgIpc) is 3.40. The molecule has 1 heterocycles. The van der Waals surface area contributed by atoms with Gasteiger partial charge >= 0.3 is 6.09 Å². The summed E-state index contributed by atoms with van der Waals surface area (Å²) in [6.45, 7) is 6.59. The van der Waals surface area contributed by atoms with E-state index >= 15 is 0 Å². The molecule has 0 spiro atoms. The van der Waals surface area contributed by atoms with Crippen LogP contribution in [0.5, 0.6) is 0 Å². The topological polar surface area (TPSA) is 157 Å². The summed E-state index contributed by atoms with van der Waals surface area (Å²) in [7, 11) is -3.66. The van der Waals surface area contributed by atoms with E-state index in [0.717, 1.165) is 25.7 Å². The number of alkyl carbamates (subject to hydrolysis) is 1. The predicted octanol–water partition coefficient (Wildman–Crippen LogP) is 2.34. The molecule has 40 heavy (non-hydrogen) atoms. The first-order valence-corrected chi connectivity index (χ1v) is 16.5. The first-order chi connectivity index (χ1) is 18.9. The first kappa shape index (κ1) is 33.2. The molecule has 11 nitrogen and oxygen atoms in total. The van der Waals surface area contributed by atoms with E-state index in [1.54, 1.807) is 0 Å². The van der Waals surface area contributed by atoms with Crippen LogP contribution in [0.2, 0.25) is 0 Å². The minimum atomic E-state index is -3.66. The minimum Gasteiger partial charge on any atom is -0.444 e. The van der Waals surface area contributed by atoms with Crippen molar-refractivity contribution in [3.8, 4) is 0 Å². The lowest BCUT2D eigenvalue weighted by atomic mass is 9.82. The highest BCUT2D eigenvalue weighted by molar-refractivity contribution is 7.89. The van der Waals surface area contributed by atoms with E-state index in [1.807, 2.05) is 13.8 Å². The molecule has 2 unspecified atom stereocenters. The molecule has 0 radical (unpaired) electrons. The van der Waals surface area contributed by atoms with Crippen LogP contribution >= 0.6 is 0 Å². The van der Waals surface area contributed by atoms with Crippen molar-refractivity contribution >= 4 is 21.9 Å². The number of carbonyl (C=O) groups excluding carboxylic acids is 2. The summed E-state index contributed by atoms with van der Waals surface area (Å²) >= 11 is 0. The van der Waals surface area contributed by atoms with Gasteiger partial charge < -0.3 is 30.4 Å². The van der Waals surface area contributed by atoms with Gasteiger partial charge in [0.1, 0.15) is 12.7 Å². The van der Waals surface area contributed by atoms with Gasteiger partial charge in [-0.25, -0.2) is 13.2 Å². The summed E-state index contributed by atoms with van der Waals surface area (Å²) in [5.41, 5.74) is 6.02. The number of nitrogens with zero attached hydrogens (tertiary/aromatic N) is 1. The third-order valence-corrected chi connectivity index (χ3v) is 10.6. The Balaban J connectivity index is 1.68. The number of aliphatic hydroxyl groups is 1. The van der Waals surface area contributed by atoms with Crippen molar-refractivity contribution in [3.05, 3.63) is 0 Å². The van der Waals surface area contributed by atoms with Crippen molar-refractivity contribution in [1.82, 2.24) is 9.62 Å². The second-order valence-corrected chi connectivity index (χ2v) is 14.6. The summed E-state index contributed by atoms with van der Waals surface area (Å²) in [6, 6.07) is -0.650. The fraction of sp³-hybridized carbons (Fsp3) is 0.929. The third-order valence-electron chi connectivity index (χ3n) is 8.29. The number of aliphatic hydroxyl groups excluding tert-OH is 1. The normalized spacial score (nSPS) is 29.3. The number of ketones is 1. The number of Topliss-reactive ketones (excluding diaryl/α,β-unsaturated/α-hetero) is 1. The van der Waals surface area contributed by atoms with Crippen LogP contribution in [0.15, 0.2) is 0 Å². The van der Waals surface area contributed by atoms with Gasteiger partial charge in [0.05, 0.1) is 36.7 Å². The number of rotatable bonds is 14. The summed E-state index contributed by atoms with van der Waals surface area (Å²) < 4.78 is 45.3. The molecule has 1 amide bonds. The Kier molecular flexibility index (Phi) is 13.1. The van der Waals surface area contributed by atoms with Crippen LogP contribution in [-0.2, 0) is 29.0 Å². The molecule has 1 saturated heterocycles. The molecular formula is C28H51N3O8S. The molecule has 4 N–H and O–H groups in total. The van der Waals surface area contributed by atoms with Crippen molar-refractivity contribution in [2.24, 2.45) is 17.6 Å². The molecule has 3 fully saturated rings. The number of hydrogen-bond acceptors (Lipinski definition) is 9. The van der Waals surface area contributed by atoms with E-state index in [-0.39, 0.29) is 55.6 Å². The van der Waals surface area contributed by atoms with E-state index in [2.05, 4.69) is 5.32 Å². The molecule has 1 aliphatic heterocycles. The summed E-state index contributed by atoms with van der Waals surface area (Å²) in [4.78, 5) is 24.1. The summed E-state index contributed by atoms with van der Waals surface area (Å²) in [5.74, 6) is 0.274. The molecule has 3 atom stereocenters. The fourth-order valence-corrected chi connectivity index (χ4v) is 8.16. The average molecular weight is 590 g/mol. The highest BCUT2D eigenvalue weighted by Gasteiger charge is 2.38. The van der Waals surface area contributed by atoms with Crippen LogP contribution < -0.4 is 11.1 Å². The predicted molar refractivity (Wildman–Crippen MR) is 151 cm³/mol. The van der Waals surface area contributed by atoms with Gasteiger partial charge in [0.25, 0.3) is 0 Å². The lowest BCUT2D eigenvalue weighted by Gasteiger charge is -2.36. The standard InChI is InChI=1S/C28H51N3O8S/c1-19(2)15-31(40(35,36)25-10-6-22(29)7-11-25)16-27(33)26(30-28(34)39-24-12-13-37-18-24)14-21-4-8-23(9-5-21)38-17-20(3)32/h19,21-27,33H,4-18,29H2,1-3H3,(H,30,34)/t21?,22?,23?,24-,25?,26?,27?/m0/s1. The van der Waals surface area contributed by atoms with E-state index < -0.39 is 33.5 Å². The number of sulfonamides is 1. The Morgan fingerprint density at radius 3 is 2.27 bits per heavy atom. The minimum absolute atomic E-state index is 0.00217. The zero-order valence-corrected chi connectivity index (χ0v) is 25.3. The van der Waals surface area contributed by atoms with Crippen LogP contribution in [0.25, 0.3) is 0 Å². The van der Waals surface area contributed by atoms with E-state index in [1.165, 1.54) is 11.2 Å². The number of nitrogens with two attached hydrogens (primary N) is 1. The number of ether oxygens (including phenoxy) is 3. The van der Waals surface area contributed by atoms with Crippen LogP contribution in [0.3, 0.4) is 0 Å². The number of carbonyl (C=O) groups is 2. The molecule has 2 saturated carbocycles. The monoisotopic (exact) mass is 589 g/mol. The van der Waals surface area contributed by atoms with E-state index in [9.17, 15) is 23.1 Å². The lowest BCUT2D eigenvalue weighted by molar-refractivity contribution is -0.124. The second kappa shape index (κ2) is 15.8. The Morgan fingerprint density at radius 2 is 1.70 bits per heavy atom. The van der Waals surface area contributed by atoms with Gasteiger partial charge in [-0.15, -0.1) is 0 Å². The molecular weight excluding hydrogens is 538 g/mol. The summed E-state index contributed by atoms with van der Waals surface area (Å²) in [6.07, 6.45) is 4.68. The number of amides is 1. The van der Waals surface area contributed by atoms with E-state index in [4.69, 9.17) is 19.9 Å². The Bertz CT molecular complexity index is 895. The molecule has 3 rings (SSSR count). The smallest absolute Gasteiger partial charge is 0.407 e. The number of hydrogen-bond donors (Lipinski definition) is 3. The molecule has 0 aromatic carbocycles. The second-order valence-electron chi connectivity index (χ2n) is 12.4. The van der Waals surface area contributed by atoms with E-state index in [0.29, 0.717) is 51.7 Å². The summed E-state index contributed by atoms with van der Waals surface area (Å²) in [5, 5.41) is 13.8.